The molecule has 2 aromatic carbocycles. The van der Waals surface area contributed by atoms with Gasteiger partial charge in [-0.1, -0.05) is 25.8 Å². The van der Waals surface area contributed by atoms with Crippen molar-refractivity contribution in [3.63, 3.8) is 0 Å². The van der Waals surface area contributed by atoms with E-state index in [1.54, 1.807) is 18.2 Å². The molecule has 33 heavy (non-hydrogen) atoms. The van der Waals surface area contributed by atoms with E-state index in [9.17, 15) is 17.6 Å². The van der Waals surface area contributed by atoms with Gasteiger partial charge in [-0.25, -0.2) is 12.8 Å². The van der Waals surface area contributed by atoms with E-state index in [4.69, 9.17) is 14.2 Å². The first-order valence-corrected chi connectivity index (χ1v) is 12.7. The van der Waals surface area contributed by atoms with Crippen LogP contribution < -0.4 is 9.47 Å². The third kappa shape index (κ3) is 5.30. The molecule has 1 atom stereocenters. The van der Waals surface area contributed by atoms with E-state index < -0.39 is 21.9 Å². The maximum Gasteiger partial charge on any atom is 0.305 e. The van der Waals surface area contributed by atoms with Crippen LogP contribution in [0.15, 0.2) is 47.4 Å². The topological polar surface area (TPSA) is 82.1 Å². The summed E-state index contributed by atoms with van der Waals surface area (Å²) >= 11 is 0. The molecule has 7 nitrogen and oxygen atoms in total. The summed E-state index contributed by atoms with van der Waals surface area (Å²) in [5.74, 6) is -0.202. The van der Waals surface area contributed by atoms with E-state index >= 15 is 0 Å². The second kappa shape index (κ2) is 10.1. The lowest BCUT2D eigenvalue weighted by molar-refractivity contribution is -0.146. The first-order chi connectivity index (χ1) is 15.9. The van der Waals surface area contributed by atoms with Crippen LogP contribution in [-0.4, -0.2) is 44.0 Å². The maximum absolute atomic E-state index is 13.9. The number of halogens is 1. The summed E-state index contributed by atoms with van der Waals surface area (Å²) in [6.07, 6.45) is 3.74. The molecule has 9 heteroatoms. The lowest BCUT2D eigenvalue weighted by atomic mass is 10.2. The molecule has 0 saturated heterocycles. The van der Waals surface area contributed by atoms with Crippen LogP contribution in [0.1, 0.15) is 45.4 Å². The third-order valence-electron chi connectivity index (χ3n) is 5.84. The average molecular weight is 478 g/mol. The molecular formula is C24H28FNO6S. The molecule has 2 aromatic rings. The predicted octanol–water partition coefficient (Wildman–Crippen LogP) is 4.66. The molecule has 0 radical (unpaired) electrons. The number of sulfonamides is 1. The zero-order valence-electron chi connectivity index (χ0n) is 18.5. The van der Waals surface area contributed by atoms with Crippen molar-refractivity contribution in [1.29, 1.82) is 0 Å². The van der Waals surface area contributed by atoms with Gasteiger partial charge in [-0.2, -0.15) is 4.31 Å². The molecule has 2 aliphatic rings. The minimum atomic E-state index is -3.97. The zero-order chi connectivity index (χ0) is 23.4. The lowest BCUT2D eigenvalue weighted by Gasteiger charge is -2.28. The second-order valence-electron chi connectivity index (χ2n) is 8.33. The van der Waals surface area contributed by atoms with Crippen molar-refractivity contribution in [3.05, 3.63) is 48.3 Å². The van der Waals surface area contributed by atoms with Gasteiger partial charge in [-0.05, 0) is 55.7 Å². The van der Waals surface area contributed by atoms with Crippen molar-refractivity contribution in [1.82, 2.24) is 4.31 Å². The minimum Gasteiger partial charge on any atom is -0.484 e. The summed E-state index contributed by atoms with van der Waals surface area (Å²) < 4.78 is 59.8. The largest absolute Gasteiger partial charge is 0.484 e. The molecule has 178 valence electrons. The Balaban J connectivity index is 1.70. The SMILES string of the molecule is CCCC(=O)OC[C@H]1CN(C2CCCC2)S(=O)(=O)c2c(Oc3ccc(F)cc3)cccc2O1. The maximum atomic E-state index is 13.9. The number of ether oxygens (including phenoxy) is 3. The Bertz CT molecular complexity index is 1080. The van der Waals surface area contributed by atoms with Crippen LogP contribution in [0.3, 0.4) is 0 Å². The Labute approximate surface area is 193 Å². The summed E-state index contributed by atoms with van der Waals surface area (Å²) in [6.45, 7) is 1.92. The summed E-state index contributed by atoms with van der Waals surface area (Å²) in [6, 6.07) is 9.96. The summed E-state index contributed by atoms with van der Waals surface area (Å²) in [5.41, 5.74) is 0. The van der Waals surface area contributed by atoms with Crippen molar-refractivity contribution in [3.8, 4) is 17.2 Å². The van der Waals surface area contributed by atoms with Gasteiger partial charge in [0.15, 0.2) is 10.6 Å². The van der Waals surface area contributed by atoms with Crippen LogP contribution in [0, 0.1) is 5.82 Å². The fourth-order valence-electron chi connectivity index (χ4n) is 4.27. The fraction of sp³-hybridized carbons (Fsp3) is 0.458. The van der Waals surface area contributed by atoms with Gasteiger partial charge in [-0.15, -0.1) is 0 Å². The number of rotatable bonds is 7. The number of hydrogen-bond donors (Lipinski definition) is 0. The highest BCUT2D eigenvalue weighted by Crippen LogP contribution is 2.42. The molecule has 0 amide bonds. The molecule has 0 spiro atoms. The van der Waals surface area contributed by atoms with E-state index in [1.807, 2.05) is 6.92 Å². The van der Waals surface area contributed by atoms with Crippen molar-refractivity contribution in [2.75, 3.05) is 13.2 Å². The van der Waals surface area contributed by atoms with Gasteiger partial charge in [-0.3, -0.25) is 4.79 Å². The molecule has 1 saturated carbocycles. The average Bonchev–Trinajstić information content (AvgIpc) is 3.28. The Morgan fingerprint density at radius 1 is 1.15 bits per heavy atom. The predicted molar refractivity (Wildman–Crippen MR) is 119 cm³/mol. The van der Waals surface area contributed by atoms with E-state index in [2.05, 4.69) is 0 Å². The fourth-order valence-corrected chi connectivity index (χ4v) is 6.21. The first kappa shape index (κ1) is 23.5. The number of carbonyl (C=O) groups excluding carboxylic acids is 1. The highest BCUT2D eigenvalue weighted by molar-refractivity contribution is 7.89. The number of hydrogen-bond acceptors (Lipinski definition) is 6. The molecule has 0 N–H and O–H groups in total. The van der Waals surface area contributed by atoms with E-state index in [0.717, 1.165) is 25.7 Å². The van der Waals surface area contributed by atoms with Crippen LogP contribution in [0.4, 0.5) is 4.39 Å². The van der Waals surface area contributed by atoms with Crippen LogP contribution in [-0.2, 0) is 19.6 Å². The van der Waals surface area contributed by atoms with Crippen molar-refractivity contribution >= 4 is 16.0 Å². The second-order valence-corrected chi connectivity index (χ2v) is 10.2. The van der Waals surface area contributed by atoms with Gasteiger partial charge < -0.3 is 14.2 Å². The van der Waals surface area contributed by atoms with Gasteiger partial charge in [0.1, 0.15) is 30.0 Å². The van der Waals surface area contributed by atoms with Crippen molar-refractivity contribution in [2.45, 2.75) is 62.5 Å². The molecule has 0 aromatic heterocycles. The highest BCUT2D eigenvalue weighted by atomic mass is 32.2. The Morgan fingerprint density at radius 2 is 1.88 bits per heavy atom. The number of nitrogens with zero attached hydrogens (tertiary/aromatic N) is 1. The van der Waals surface area contributed by atoms with Crippen molar-refractivity contribution in [2.24, 2.45) is 0 Å². The lowest BCUT2D eigenvalue weighted by Crippen LogP contribution is -2.44. The summed E-state index contributed by atoms with van der Waals surface area (Å²) in [5, 5.41) is 0. The molecule has 1 aliphatic heterocycles. The smallest absolute Gasteiger partial charge is 0.305 e. The number of carbonyl (C=O) groups is 1. The normalized spacial score (nSPS) is 20.5. The molecule has 4 rings (SSSR count). The van der Waals surface area contributed by atoms with Gasteiger partial charge in [0.05, 0.1) is 6.54 Å². The quantitative estimate of drug-likeness (QED) is 0.540. The monoisotopic (exact) mass is 477 g/mol. The summed E-state index contributed by atoms with van der Waals surface area (Å²) in [7, 11) is -3.97. The Kier molecular flexibility index (Phi) is 7.19. The molecule has 0 bridgehead atoms. The Morgan fingerprint density at radius 3 is 2.58 bits per heavy atom. The molecular weight excluding hydrogens is 449 g/mol. The Hall–Kier alpha value is -2.65. The zero-order valence-corrected chi connectivity index (χ0v) is 19.4. The van der Waals surface area contributed by atoms with Crippen LogP contribution in [0.2, 0.25) is 0 Å². The molecule has 0 unspecified atom stereocenters. The van der Waals surface area contributed by atoms with E-state index in [0.29, 0.717) is 18.6 Å². The van der Waals surface area contributed by atoms with Crippen molar-refractivity contribution < 1.29 is 31.8 Å². The van der Waals surface area contributed by atoms with E-state index in [1.165, 1.54) is 28.6 Å². The third-order valence-corrected chi connectivity index (χ3v) is 7.83. The number of esters is 1. The van der Waals surface area contributed by atoms with Crippen LogP contribution in [0.25, 0.3) is 0 Å². The highest BCUT2D eigenvalue weighted by Gasteiger charge is 2.42. The first-order valence-electron chi connectivity index (χ1n) is 11.3. The van der Waals surface area contributed by atoms with Gasteiger partial charge in [0.25, 0.3) is 10.0 Å². The van der Waals surface area contributed by atoms with Crippen LogP contribution in [0.5, 0.6) is 17.2 Å². The van der Waals surface area contributed by atoms with Crippen LogP contribution >= 0.6 is 0 Å². The van der Waals surface area contributed by atoms with Gasteiger partial charge in [0, 0.05) is 12.5 Å². The summed E-state index contributed by atoms with van der Waals surface area (Å²) in [4.78, 5) is 11.8. The molecule has 1 aliphatic carbocycles. The molecule has 1 heterocycles. The van der Waals surface area contributed by atoms with E-state index in [-0.39, 0.29) is 41.6 Å². The van der Waals surface area contributed by atoms with Gasteiger partial charge >= 0.3 is 5.97 Å². The minimum absolute atomic E-state index is 0.0416. The number of benzene rings is 2. The number of fused-ring (bicyclic) bond motifs is 1. The molecule has 1 fully saturated rings. The van der Waals surface area contributed by atoms with Gasteiger partial charge in [0.2, 0.25) is 0 Å². The standard InChI is InChI=1S/C24H28FNO6S/c1-2-6-23(27)30-16-20-15-26(18-7-3-4-8-18)33(28,29)24-21(9-5-10-22(24)32-20)31-19-13-11-17(25)12-14-19/h5,9-14,18,20H,2-4,6-8,15-16H2,1H3/t20-/m1/s1.